The summed E-state index contributed by atoms with van der Waals surface area (Å²) < 4.78 is 19.1. The average molecular weight is 1850 g/mol. The van der Waals surface area contributed by atoms with Gasteiger partial charge < -0.3 is 4.42 Å². The summed E-state index contributed by atoms with van der Waals surface area (Å²) in [5.41, 5.74) is 23.1. The average Bonchev–Trinajstić information content (AvgIpc) is 1.58. The van der Waals surface area contributed by atoms with E-state index in [0.717, 1.165) is 157 Å². The lowest BCUT2D eigenvalue weighted by Crippen LogP contribution is -2.00. The Kier molecular flexibility index (Phi) is 18.7. The van der Waals surface area contributed by atoms with Crippen molar-refractivity contribution in [1.82, 2.24) is 44.9 Å². The van der Waals surface area contributed by atoms with E-state index in [-0.39, 0.29) is 0 Å². The molecule has 0 saturated carbocycles. The summed E-state index contributed by atoms with van der Waals surface area (Å²) in [6.07, 6.45) is 0. The van der Waals surface area contributed by atoms with Crippen LogP contribution in [0.5, 0.6) is 0 Å². The summed E-state index contributed by atoms with van der Waals surface area (Å²) in [6, 6.07) is 149. The third-order valence-electron chi connectivity index (χ3n) is 26.8. The van der Waals surface area contributed by atoms with E-state index in [1.807, 2.05) is 77.3 Å². The van der Waals surface area contributed by atoms with Gasteiger partial charge in [-0.15, -0.1) is 56.7 Å². The molecule has 0 bridgehead atoms. The number of aromatic nitrogens is 9. The molecule has 0 amide bonds. The van der Waals surface area contributed by atoms with E-state index >= 15 is 0 Å². The quantitative estimate of drug-likeness (QED) is 0.0978. The van der Waals surface area contributed by atoms with Gasteiger partial charge in [-0.1, -0.05) is 352 Å². The first-order valence-corrected chi connectivity index (χ1v) is 49.9. The molecular formula is C123H69N9OS5. The molecule has 0 N–H and O–H groups in total. The highest BCUT2D eigenvalue weighted by Crippen LogP contribution is 2.54. The number of nitrogens with zero attached hydrogens (tertiary/aromatic N) is 9. The number of hydrogen-bond donors (Lipinski definition) is 0. The topological polar surface area (TPSA) is 129 Å². The predicted molar refractivity (Wildman–Crippen MR) is 580 cm³/mol. The second-order valence-electron chi connectivity index (χ2n) is 34.7. The first kappa shape index (κ1) is 79.6. The lowest BCUT2D eigenvalue weighted by molar-refractivity contribution is 0.670. The predicted octanol–water partition coefficient (Wildman–Crippen LogP) is 35.0. The van der Waals surface area contributed by atoms with Gasteiger partial charge in [0.15, 0.2) is 52.4 Å². The standard InChI is InChI=1S/C123H69N9OS5/c1-5-27-70(28-6-1)71-57-61-76(62-58-71)119-126-120(132-123(131-119)97-50-22-46-93-105-84(41-25-55-102(105)137-112(93)97)88-44-20-43-87-82-37-14-17-52-99(82)134-110(87)88)79-36-19-35-78(69-79)81-65-67-86(109-107(81)90-38-13-16-51-98(90)133-109)83-40-24-54-101-104(83)92-45-21-48-95(111(92)136-101)122-129-117(75-33-11-4-12-34-75)125-118(130-122)77-63-59-72(60-64-77)80-66-68-89(114-108(80)91-39-15-18-53-100(91)135-114)85-42-26-56-103-106(85)94-47-23-49-96(113(94)138-103)121-127-115(73-29-7-2-8-30-73)124-116(128-121)74-31-9-3-10-32-74/h1-69H. The van der Waals surface area contributed by atoms with Crippen LogP contribution >= 0.6 is 56.7 Å². The zero-order valence-electron chi connectivity index (χ0n) is 73.3. The maximum absolute atomic E-state index is 7.23. The smallest absolute Gasteiger partial charge is 0.165 e. The molecule has 15 heteroatoms. The number of para-hydroxylation sites is 1. The molecule has 0 atom stereocenters. The van der Waals surface area contributed by atoms with Gasteiger partial charge in [0.2, 0.25) is 0 Å². The molecule has 0 unspecified atom stereocenters. The maximum atomic E-state index is 7.23. The van der Waals surface area contributed by atoms with Crippen LogP contribution in [-0.2, 0) is 0 Å². The van der Waals surface area contributed by atoms with Crippen LogP contribution in [-0.4, -0.2) is 44.9 Å². The summed E-state index contributed by atoms with van der Waals surface area (Å²) >= 11 is 9.05. The third-order valence-corrected chi connectivity index (χ3v) is 32.8. The van der Waals surface area contributed by atoms with E-state index in [2.05, 4.69) is 364 Å². The van der Waals surface area contributed by atoms with E-state index in [9.17, 15) is 0 Å². The number of thiophene rings is 5. The first-order chi connectivity index (χ1) is 68.4. The van der Waals surface area contributed by atoms with Crippen molar-refractivity contribution in [3.63, 3.8) is 0 Å². The Balaban J connectivity index is 0.532. The van der Waals surface area contributed by atoms with Crippen molar-refractivity contribution >= 4 is 179 Å². The van der Waals surface area contributed by atoms with Gasteiger partial charge in [0.05, 0.1) is 0 Å². The molecular weight excluding hydrogens is 1780 g/mol. The third kappa shape index (κ3) is 13.3. The van der Waals surface area contributed by atoms with Crippen LogP contribution in [0, 0.1) is 0 Å². The number of fused-ring (bicyclic) bond motifs is 18. The van der Waals surface area contributed by atoms with Crippen molar-refractivity contribution in [3.05, 3.63) is 419 Å². The zero-order chi connectivity index (χ0) is 90.6. The van der Waals surface area contributed by atoms with E-state index in [0.29, 0.717) is 52.4 Å². The minimum absolute atomic E-state index is 0.566. The largest absolute Gasteiger partial charge is 0.455 e. The van der Waals surface area contributed by atoms with E-state index in [1.165, 1.54) is 82.8 Å². The van der Waals surface area contributed by atoms with Gasteiger partial charge in [-0.3, -0.25) is 0 Å². The van der Waals surface area contributed by atoms with Crippen molar-refractivity contribution in [2.24, 2.45) is 0 Å². The number of rotatable bonds is 15. The minimum Gasteiger partial charge on any atom is -0.455 e. The van der Waals surface area contributed by atoms with Crippen molar-refractivity contribution in [1.29, 1.82) is 0 Å². The SMILES string of the molecule is c1ccc(-c2ccc(-c3nc(-c4cccc(-c5ccc(-c6cccc7sc8c(-c9nc(-c%10ccccc%10)nc(-c%10ccc(-c%11ccc(-c%12cccc%13sc%14c(-c%15nc(-c%16ccccc%16)nc(-c%16ccccc%16)n%15)cccc%14c%12%13)c%12sc%13ccccc%13c%11%12)cc%10)n9)cccc8c67)c6oc7ccccc7c56)c4)nc(-c4cccc5c4sc4cccc(-c6cccc7c6sc6ccccc67)c45)n3)cc2)cc1. The van der Waals surface area contributed by atoms with Crippen molar-refractivity contribution in [3.8, 4) is 169 Å². The fourth-order valence-electron chi connectivity index (χ4n) is 20.4. The van der Waals surface area contributed by atoms with Crippen LogP contribution in [0.2, 0.25) is 0 Å². The van der Waals surface area contributed by atoms with Gasteiger partial charge in [-0.05, 0) is 117 Å². The molecule has 138 heavy (non-hydrogen) atoms. The summed E-state index contributed by atoms with van der Waals surface area (Å²) in [5, 5.41) is 14.0. The second kappa shape index (κ2) is 32.5. The Morgan fingerprint density at radius 3 is 0.942 bits per heavy atom. The van der Waals surface area contributed by atoms with Gasteiger partial charge in [-0.25, -0.2) is 44.9 Å². The Morgan fingerprint density at radius 2 is 0.435 bits per heavy atom. The molecule has 0 saturated heterocycles. The molecule has 9 aromatic heterocycles. The monoisotopic (exact) mass is 1850 g/mol. The molecule has 9 heterocycles. The molecule has 0 fully saturated rings. The Hall–Kier alpha value is -16.9. The highest BCUT2D eigenvalue weighted by atomic mass is 32.1. The van der Waals surface area contributed by atoms with Gasteiger partial charge in [0.25, 0.3) is 0 Å². The van der Waals surface area contributed by atoms with Gasteiger partial charge >= 0.3 is 0 Å². The summed E-state index contributed by atoms with van der Waals surface area (Å²) in [6.45, 7) is 0. The molecule has 28 aromatic rings. The minimum atomic E-state index is 0.566. The zero-order valence-corrected chi connectivity index (χ0v) is 77.4. The lowest BCUT2D eigenvalue weighted by atomic mass is 9.92. The van der Waals surface area contributed by atoms with E-state index in [1.54, 1.807) is 34.0 Å². The first-order valence-electron chi connectivity index (χ1n) is 45.8. The molecule has 0 radical (unpaired) electrons. The van der Waals surface area contributed by atoms with Gasteiger partial charge in [0, 0.05) is 178 Å². The van der Waals surface area contributed by atoms with Crippen LogP contribution in [0.3, 0.4) is 0 Å². The van der Waals surface area contributed by atoms with Crippen molar-refractivity contribution in [2.75, 3.05) is 0 Å². The Labute approximate surface area is 809 Å². The van der Waals surface area contributed by atoms with Gasteiger partial charge in [0.1, 0.15) is 11.2 Å². The van der Waals surface area contributed by atoms with Crippen molar-refractivity contribution in [2.45, 2.75) is 0 Å². The molecule has 28 rings (SSSR count). The fraction of sp³-hybridized carbons (Fsp3) is 0. The normalized spacial score (nSPS) is 11.9. The highest BCUT2D eigenvalue weighted by Gasteiger charge is 2.29. The van der Waals surface area contributed by atoms with Crippen LogP contribution in [0.15, 0.2) is 423 Å². The molecule has 19 aromatic carbocycles. The number of hydrogen-bond acceptors (Lipinski definition) is 15. The lowest BCUT2D eigenvalue weighted by Gasteiger charge is -2.12. The second-order valence-corrected chi connectivity index (χ2v) is 40.0. The summed E-state index contributed by atoms with van der Waals surface area (Å²) in [4.78, 5) is 48.1. The van der Waals surface area contributed by atoms with E-state index < -0.39 is 0 Å². The highest BCUT2D eigenvalue weighted by molar-refractivity contribution is 7.28. The molecule has 0 aliphatic rings. The van der Waals surface area contributed by atoms with Crippen molar-refractivity contribution < 1.29 is 4.42 Å². The van der Waals surface area contributed by atoms with E-state index in [4.69, 9.17) is 49.3 Å². The molecule has 0 aliphatic heterocycles. The van der Waals surface area contributed by atoms with Gasteiger partial charge in [-0.2, -0.15) is 0 Å². The molecule has 0 spiro atoms. The van der Waals surface area contributed by atoms with Crippen LogP contribution < -0.4 is 0 Å². The fourth-order valence-corrected chi connectivity index (χ4v) is 26.6. The molecule has 642 valence electrons. The Morgan fingerprint density at radius 1 is 0.145 bits per heavy atom. The number of benzene rings is 19. The molecule has 10 nitrogen and oxygen atoms in total. The summed E-state index contributed by atoms with van der Waals surface area (Å²) in [7, 11) is 0. The van der Waals surface area contributed by atoms with Crippen LogP contribution in [0.25, 0.3) is 292 Å². The Bertz CT molecular complexity index is 9800. The van der Waals surface area contributed by atoms with Crippen LogP contribution in [0.1, 0.15) is 0 Å². The van der Waals surface area contributed by atoms with Crippen LogP contribution in [0.4, 0.5) is 0 Å². The molecule has 0 aliphatic carbocycles. The maximum Gasteiger partial charge on any atom is 0.165 e. The summed E-state index contributed by atoms with van der Waals surface area (Å²) in [5.74, 6) is 5.40. The number of furan rings is 1.